The van der Waals surface area contributed by atoms with Crippen molar-refractivity contribution >= 4 is 16.9 Å². The number of terminal acetylenes is 1. The van der Waals surface area contributed by atoms with Gasteiger partial charge in [0, 0.05) is 5.39 Å². The molecule has 3 rings (SSSR count). The number of hydrogen-bond acceptors (Lipinski definition) is 4. The SMILES string of the molecule is C#CCOc1cccc(C(C)NC(=O)Cc2noc3ccccc23)c1. The molecule has 3 aromatic rings. The highest BCUT2D eigenvalue weighted by Gasteiger charge is 2.15. The normalized spacial score (nSPS) is 11.7. The van der Waals surface area contributed by atoms with E-state index >= 15 is 0 Å². The van der Waals surface area contributed by atoms with Crippen molar-refractivity contribution in [3.05, 3.63) is 59.8 Å². The van der Waals surface area contributed by atoms with Gasteiger partial charge in [0.2, 0.25) is 5.91 Å². The number of fused-ring (bicyclic) bond motifs is 1. The lowest BCUT2D eigenvalue weighted by Gasteiger charge is -2.15. The Morgan fingerprint density at radius 3 is 3.00 bits per heavy atom. The molecule has 25 heavy (non-hydrogen) atoms. The van der Waals surface area contributed by atoms with Crippen LogP contribution in [0.25, 0.3) is 11.0 Å². The number of para-hydroxylation sites is 1. The molecule has 0 spiro atoms. The van der Waals surface area contributed by atoms with Crippen LogP contribution in [0.5, 0.6) is 5.75 Å². The summed E-state index contributed by atoms with van der Waals surface area (Å²) in [6.07, 6.45) is 5.36. The van der Waals surface area contributed by atoms with Gasteiger partial charge >= 0.3 is 0 Å². The molecule has 1 aromatic heterocycles. The maximum Gasteiger partial charge on any atom is 0.226 e. The minimum Gasteiger partial charge on any atom is -0.481 e. The van der Waals surface area contributed by atoms with Gasteiger partial charge in [0.05, 0.1) is 12.5 Å². The summed E-state index contributed by atoms with van der Waals surface area (Å²) in [5, 5.41) is 7.81. The molecule has 5 nitrogen and oxygen atoms in total. The molecule has 0 radical (unpaired) electrons. The molecule has 0 fully saturated rings. The second-order valence-electron chi connectivity index (χ2n) is 5.66. The Labute approximate surface area is 146 Å². The van der Waals surface area contributed by atoms with Gasteiger partial charge < -0.3 is 14.6 Å². The number of nitrogens with one attached hydrogen (secondary N) is 1. The standard InChI is InChI=1S/C20H18N2O3/c1-3-11-24-16-8-6-7-15(12-16)14(2)21-20(23)13-18-17-9-4-5-10-19(17)25-22-18/h1,4-10,12,14H,11,13H2,2H3,(H,21,23). The van der Waals surface area contributed by atoms with E-state index in [0.29, 0.717) is 17.0 Å². The van der Waals surface area contributed by atoms with Crippen molar-refractivity contribution in [1.82, 2.24) is 10.5 Å². The molecule has 0 aliphatic carbocycles. The molecule has 126 valence electrons. The van der Waals surface area contributed by atoms with Crippen LogP contribution in [0, 0.1) is 12.3 Å². The first-order valence-corrected chi connectivity index (χ1v) is 7.96. The lowest BCUT2D eigenvalue weighted by molar-refractivity contribution is -0.121. The van der Waals surface area contributed by atoms with E-state index in [-0.39, 0.29) is 25.0 Å². The molecule has 1 amide bonds. The third kappa shape index (κ3) is 3.99. The van der Waals surface area contributed by atoms with Crippen LogP contribution >= 0.6 is 0 Å². The summed E-state index contributed by atoms with van der Waals surface area (Å²) < 4.78 is 10.6. The summed E-state index contributed by atoms with van der Waals surface area (Å²) in [6, 6.07) is 14.8. The number of aromatic nitrogens is 1. The summed E-state index contributed by atoms with van der Waals surface area (Å²) in [5.41, 5.74) is 2.25. The molecule has 0 saturated heterocycles. The van der Waals surface area contributed by atoms with E-state index < -0.39 is 0 Å². The monoisotopic (exact) mass is 334 g/mol. The molecular formula is C20H18N2O3. The highest BCUT2D eigenvalue weighted by molar-refractivity contribution is 5.86. The molecule has 0 bridgehead atoms. The zero-order valence-corrected chi connectivity index (χ0v) is 13.9. The number of benzene rings is 2. The summed E-state index contributed by atoms with van der Waals surface area (Å²) in [7, 11) is 0. The van der Waals surface area contributed by atoms with Crippen LogP contribution in [0.1, 0.15) is 24.2 Å². The minimum absolute atomic E-state index is 0.124. The van der Waals surface area contributed by atoms with Gasteiger partial charge in [-0.3, -0.25) is 4.79 Å². The first-order chi connectivity index (χ1) is 12.2. The number of hydrogen-bond donors (Lipinski definition) is 1. The van der Waals surface area contributed by atoms with E-state index in [0.717, 1.165) is 10.9 Å². The van der Waals surface area contributed by atoms with Gasteiger partial charge in [-0.15, -0.1) is 6.42 Å². The Kier molecular flexibility index (Phi) is 5.00. The summed E-state index contributed by atoms with van der Waals surface area (Å²) in [6.45, 7) is 2.13. The lowest BCUT2D eigenvalue weighted by Crippen LogP contribution is -2.28. The first-order valence-electron chi connectivity index (χ1n) is 7.96. The van der Waals surface area contributed by atoms with Gasteiger partial charge in [-0.2, -0.15) is 0 Å². The van der Waals surface area contributed by atoms with Gasteiger partial charge in [0.1, 0.15) is 18.1 Å². The molecule has 0 saturated carbocycles. The Balaban J connectivity index is 1.65. The van der Waals surface area contributed by atoms with E-state index in [4.69, 9.17) is 15.7 Å². The number of nitrogens with zero attached hydrogens (tertiary/aromatic N) is 1. The second-order valence-corrected chi connectivity index (χ2v) is 5.66. The first kappa shape index (κ1) is 16.6. The molecule has 1 N–H and O–H groups in total. The molecular weight excluding hydrogens is 316 g/mol. The topological polar surface area (TPSA) is 64.4 Å². The van der Waals surface area contributed by atoms with Crippen molar-refractivity contribution in [3.8, 4) is 18.1 Å². The average Bonchev–Trinajstić information content (AvgIpc) is 3.03. The summed E-state index contributed by atoms with van der Waals surface area (Å²) in [5.74, 6) is 2.98. The van der Waals surface area contributed by atoms with Crippen LogP contribution in [0.3, 0.4) is 0 Å². The van der Waals surface area contributed by atoms with Crippen molar-refractivity contribution in [1.29, 1.82) is 0 Å². The Hall–Kier alpha value is -3.26. The Morgan fingerprint density at radius 2 is 2.16 bits per heavy atom. The lowest BCUT2D eigenvalue weighted by atomic mass is 10.1. The van der Waals surface area contributed by atoms with Gasteiger partial charge in [0.15, 0.2) is 5.58 Å². The van der Waals surface area contributed by atoms with Gasteiger partial charge in [0.25, 0.3) is 0 Å². The van der Waals surface area contributed by atoms with Crippen molar-refractivity contribution in [2.75, 3.05) is 6.61 Å². The molecule has 1 atom stereocenters. The number of carbonyl (C=O) groups excluding carboxylic acids is 1. The summed E-state index contributed by atoms with van der Waals surface area (Å²) in [4.78, 5) is 12.3. The number of ether oxygens (including phenoxy) is 1. The fourth-order valence-corrected chi connectivity index (χ4v) is 2.59. The molecule has 1 unspecified atom stereocenters. The van der Waals surface area contributed by atoms with Crippen molar-refractivity contribution < 1.29 is 14.1 Å². The van der Waals surface area contributed by atoms with Crippen LogP contribution in [-0.2, 0) is 11.2 Å². The third-order valence-corrected chi connectivity index (χ3v) is 3.84. The maximum absolute atomic E-state index is 12.3. The molecule has 2 aromatic carbocycles. The molecule has 0 aliphatic rings. The summed E-state index contributed by atoms with van der Waals surface area (Å²) >= 11 is 0. The van der Waals surface area contributed by atoms with E-state index in [9.17, 15) is 4.79 Å². The van der Waals surface area contributed by atoms with Crippen molar-refractivity contribution in [2.24, 2.45) is 0 Å². The van der Waals surface area contributed by atoms with Gasteiger partial charge in [-0.25, -0.2) is 0 Å². The predicted molar refractivity (Wildman–Crippen MR) is 95.0 cm³/mol. The van der Waals surface area contributed by atoms with Crippen LogP contribution in [0.15, 0.2) is 53.1 Å². The Bertz CT molecular complexity index is 924. The number of rotatable bonds is 6. The van der Waals surface area contributed by atoms with E-state index in [1.807, 2.05) is 55.5 Å². The van der Waals surface area contributed by atoms with E-state index in [1.54, 1.807) is 0 Å². The van der Waals surface area contributed by atoms with Crippen molar-refractivity contribution in [2.45, 2.75) is 19.4 Å². The smallest absolute Gasteiger partial charge is 0.226 e. The Morgan fingerprint density at radius 1 is 1.32 bits per heavy atom. The highest BCUT2D eigenvalue weighted by Crippen LogP contribution is 2.21. The quantitative estimate of drug-likeness (QED) is 0.703. The highest BCUT2D eigenvalue weighted by atomic mass is 16.5. The fourth-order valence-electron chi connectivity index (χ4n) is 2.59. The van der Waals surface area contributed by atoms with Crippen LogP contribution in [0.2, 0.25) is 0 Å². The third-order valence-electron chi connectivity index (χ3n) is 3.84. The molecule has 5 heteroatoms. The fraction of sp³-hybridized carbons (Fsp3) is 0.200. The van der Waals surface area contributed by atoms with Gasteiger partial charge in [-0.1, -0.05) is 35.3 Å². The van der Waals surface area contributed by atoms with Gasteiger partial charge in [-0.05, 0) is 36.8 Å². The average molecular weight is 334 g/mol. The largest absolute Gasteiger partial charge is 0.481 e. The van der Waals surface area contributed by atoms with Crippen LogP contribution < -0.4 is 10.1 Å². The minimum atomic E-state index is -0.167. The van der Waals surface area contributed by atoms with E-state index in [1.165, 1.54) is 0 Å². The zero-order chi connectivity index (χ0) is 17.6. The number of carbonyl (C=O) groups is 1. The van der Waals surface area contributed by atoms with E-state index in [2.05, 4.69) is 16.4 Å². The zero-order valence-electron chi connectivity index (χ0n) is 13.9. The molecule has 1 heterocycles. The van der Waals surface area contributed by atoms with Crippen LogP contribution in [-0.4, -0.2) is 17.7 Å². The maximum atomic E-state index is 12.3. The molecule has 0 aliphatic heterocycles. The second kappa shape index (κ2) is 7.54. The number of amides is 1. The van der Waals surface area contributed by atoms with Crippen molar-refractivity contribution in [3.63, 3.8) is 0 Å². The predicted octanol–water partition coefficient (Wildman–Crippen LogP) is 3.26. The van der Waals surface area contributed by atoms with Crippen LogP contribution in [0.4, 0.5) is 0 Å².